The fraction of sp³-hybridized carbons (Fsp3) is 0.233. The first-order valence-corrected chi connectivity index (χ1v) is 12.1. The molecule has 6 atom stereocenters. The highest BCUT2D eigenvalue weighted by molar-refractivity contribution is 6.23. The summed E-state index contributed by atoms with van der Waals surface area (Å²) in [7, 11) is 0. The summed E-state index contributed by atoms with van der Waals surface area (Å²) in [5.74, 6) is 0.556. The first-order chi connectivity index (χ1) is 17.1. The molecule has 2 bridgehead atoms. The van der Waals surface area contributed by atoms with Crippen molar-refractivity contribution >= 4 is 23.5 Å². The van der Waals surface area contributed by atoms with E-state index in [2.05, 4.69) is 12.2 Å². The third kappa shape index (κ3) is 3.11. The molecule has 0 N–H and O–H groups in total. The van der Waals surface area contributed by atoms with Crippen LogP contribution in [0.3, 0.4) is 0 Å². The van der Waals surface area contributed by atoms with E-state index in [9.17, 15) is 14.4 Å². The number of imide groups is 1. The van der Waals surface area contributed by atoms with Gasteiger partial charge in [0.25, 0.3) is 0 Å². The van der Waals surface area contributed by atoms with E-state index in [1.807, 2.05) is 42.5 Å². The van der Waals surface area contributed by atoms with Gasteiger partial charge in [0.1, 0.15) is 5.75 Å². The average molecular weight is 462 g/mol. The van der Waals surface area contributed by atoms with Gasteiger partial charge in [-0.15, -0.1) is 0 Å². The lowest BCUT2D eigenvalue weighted by atomic mass is 9.63. The smallest absolute Gasteiger partial charge is 0.343 e. The van der Waals surface area contributed by atoms with E-state index in [4.69, 9.17) is 4.74 Å². The maximum Gasteiger partial charge on any atom is 0.343 e. The van der Waals surface area contributed by atoms with Crippen molar-refractivity contribution in [2.75, 3.05) is 4.90 Å². The Labute approximate surface area is 203 Å². The van der Waals surface area contributed by atoms with Gasteiger partial charge in [0, 0.05) is 0 Å². The molecule has 0 spiro atoms. The molecule has 0 aromatic heterocycles. The third-order valence-corrected chi connectivity index (χ3v) is 8.17. The molecular weight excluding hydrogens is 438 g/mol. The summed E-state index contributed by atoms with van der Waals surface area (Å²) in [5, 5.41) is 0. The van der Waals surface area contributed by atoms with Gasteiger partial charge in [-0.3, -0.25) is 9.59 Å². The van der Waals surface area contributed by atoms with Crippen molar-refractivity contribution < 1.29 is 19.1 Å². The number of amides is 2. The van der Waals surface area contributed by atoms with E-state index >= 15 is 0 Å². The minimum Gasteiger partial charge on any atom is -0.423 e. The van der Waals surface area contributed by atoms with E-state index in [0.29, 0.717) is 28.8 Å². The molecule has 3 aromatic rings. The predicted molar refractivity (Wildman–Crippen MR) is 130 cm³/mol. The highest BCUT2D eigenvalue weighted by Crippen LogP contribution is 2.65. The SMILES string of the molecule is O=C(Oc1ccc(-c2ccccc2)cc1)c1cccc(N2C(=O)[C@@H]3[C@H]4C=C[C@@H]([C@@H]5C[C@@H]45)[C@H]3C2=O)c1. The number of nitrogens with zero attached hydrogens (tertiary/aromatic N) is 1. The van der Waals surface area contributed by atoms with E-state index in [1.165, 1.54) is 4.90 Å². The van der Waals surface area contributed by atoms with Crippen LogP contribution in [-0.4, -0.2) is 17.8 Å². The van der Waals surface area contributed by atoms with Crippen LogP contribution < -0.4 is 9.64 Å². The summed E-state index contributed by atoms with van der Waals surface area (Å²) in [6, 6.07) is 23.9. The predicted octanol–water partition coefficient (Wildman–Crippen LogP) is 5.13. The number of hydrogen-bond acceptors (Lipinski definition) is 4. The van der Waals surface area contributed by atoms with Crippen molar-refractivity contribution in [3.63, 3.8) is 0 Å². The number of carbonyl (C=O) groups is 3. The zero-order valence-electron chi connectivity index (χ0n) is 18.9. The molecule has 5 nitrogen and oxygen atoms in total. The van der Waals surface area contributed by atoms with Crippen LogP contribution in [0, 0.1) is 35.5 Å². The molecular formula is C30H23NO4. The van der Waals surface area contributed by atoms with E-state index < -0.39 is 5.97 Å². The number of hydrogen-bond donors (Lipinski definition) is 0. The van der Waals surface area contributed by atoms with Crippen molar-refractivity contribution in [2.45, 2.75) is 6.42 Å². The third-order valence-electron chi connectivity index (χ3n) is 8.17. The molecule has 4 aliphatic carbocycles. The molecule has 5 heteroatoms. The molecule has 3 fully saturated rings. The fourth-order valence-corrected chi connectivity index (χ4v) is 6.50. The minimum absolute atomic E-state index is 0.133. The maximum absolute atomic E-state index is 13.4. The fourth-order valence-electron chi connectivity index (χ4n) is 6.50. The van der Waals surface area contributed by atoms with Gasteiger partial charge in [-0.2, -0.15) is 0 Å². The van der Waals surface area contributed by atoms with Crippen molar-refractivity contribution in [2.24, 2.45) is 35.5 Å². The maximum atomic E-state index is 13.4. The Morgan fingerprint density at radius 2 is 1.37 bits per heavy atom. The van der Waals surface area contributed by atoms with Gasteiger partial charge in [-0.25, -0.2) is 9.69 Å². The van der Waals surface area contributed by atoms with E-state index in [1.54, 1.807) is 36.4 Å². The van der Waals surface area contributed by atoms with Gasteiger partial charge in [0.05, 0.1) is 23.1 Å². The van der Waals surface area contributed by atoms with Crippen LogP contribution in [0.5, 0.6) is 5.75 Å². The Morgan fingerprint density at radius 1 is 0.743 bits per heavy atom. The second kappa shape index (κ2) is 7.51. The Morgan fingerprint density at radius 3 is 2.03 bits per heavy atom. The van der Waals surface area contributed by atoms with Gasteiger partial charge in [-0.1, -0.05) is 60.7 Å². The summed E-state index contributed by atoms with van der Waals surface area (Å²) in [6.07, 6.45) is 5.45. The number of ether oxygens (including phenoxy) is 1. The Balaban J connectivity index is 1.11. The quantitative estimate of drug-likeness (QED) is 0.234. The van der Waals surface area contributed by atoms with Gasteiger partial charge < -0.3 is 4.74 Å². The molecule has 0 unspecified atom stereocenters. The molecule has 1 aliphatic heterocycles. The average Bonchev–Trinajstić information content (AvgIpc) is 3.68. The number of esters is 1. The lowest BCUT2D eigenvalue weighted by Gasteiger charge is -2.37. The van der Waals surface area contributed by atoms with Crippen LogP contribution >= 0.6 is 0 Å². The topological polar surface area (TPSA) is 63.7 Å². The Kier molecular flexibility index (Phi) is 4.37. The molecule has 0 radical (unpaired) electrons. The van der Waals surface area contributed by atoms with Crippen LogP contribution in [0.15, 0.2) is 91.0 Å². The zero-order valence-corrected chi connectivity index (χ0v) is 18.9. The summed E-state index contributed by atoms with van der Waals surface area (Å²) >= 11 is 0. The number of anilines is 1. The van der Waals surface area contributed by atoms with E-state index in [-0.39, 0.29) is 35.5 Å². The van der Waals surface area contributed by atoms with Gasteiger partial charge in [0.15, 0.2) is 0 Å². The van der Waals surface area contributed by atoms with Gasteiger partial charge in [0.2, 0.25) is 11.8 Å². The standard InChI is InChI=1S/C30H23NO4/c32-28-26-22-13-14-23(25-16-24(22)25)27(26)29(33)31(28)20-8-4-7-19(15-20)30(34)35-21-11-9-18(10-12-21)17-5-2-1-3-6-17/h1-15,22-27H,16H2/t22-,23-,24-,25-,26+,27+/m0/s1. The second-order valence-corrected chi connectivity index (χ2v) is 10.00. The second-order valence-electron chi connectivity index (χ2n) is 10.00. The highest BCUT2D eigenvalue weighted by atomic mass is 16.5. The molecule has 2 saturated carbocycles. The first kappa shape index (κ1) is 20.4. The molecule has 35 heavy (non-hydrogen) atoms. The molecule has 172 valence electrons. The van der Waals surface area contributed by atoms with Gasteiger partial charge >= 0.3 is 5.97 Å². The van der Waals surface area contributed by atoms with Gasteiger partial charge in [-0.05, 0) is 71.6 Å². The van der Waals surface area contributed by atoms with Crippen LogP contribution in [0.25, 0.3) is 11.1 Å². The summed E-state index contributed by atoms with van der Waals surface area (Å²) in [6.45, 7) is 0. The first-order valence-electron chi connectivity index (χ1n) is 12.1. The number of carbonyl (C=O) groups excluding carboxylic acids is 3. The van der Waals surface area contributed by atoms with Crippen LogP contribution in [0.4, 0.5) is 5.69 Å². The van der Waals surface area contributed by atoms with Crippen LogP contribution in [-0.2, 0) is 9.59 Å². The Hall–Kier alpha value is -3.99. The molecule has 3 aromatic carbocycles. The summed E-state index contributed by atoms with van der Waals surface area (Å²) in [4.78, 5) is 41.0. The van der Waals surface area contributed by atoms with Crippen molar-refractivity contribution in [1.82, 2.24) is 0 Å². The van der Waals surface area contributed by atoms with Crippen LogP contribution in [0.1, 0.15) is 16.8 Å². The number of benzene rings is 3. The van der Waals surface area contributed by atoms with Crippen molar-refractivity contribution in [1.29, 1.82) is 0 Å². The normalized spacial score (nSPS) is 29.7. The van der Waals surface area contributed by atoms with Crippen LogP contribution in [0.2, 0.25) is 0 Å². The molecule has 2 amide bonds. The summed E-state index contributed by atoms with van der Waals surface area (Å²) in [5.41, 5.74) is 2.85. The molecule has 1 saturated heterocycles. The molecule has 1 heterocycles. The summed E-state index contributed by atoms with van der Waals surface area (Å²) < 4.78 is 5.58. The largest absolute Gasteiger partial charge is 0.423 e. The Bertz CT molecular complexity index is 1360. The molecule has 5 aliphatic rings. The van der Waals surface area contributed by atoms with E-state index in [0.717, 1.165) is 17.5 Å². The number of allylic oxidation sites excluding steroid dienone is 2. The lowest BCUT2D eigenvalue weighted by molar-refractivity contribution is -0.124. The molecule has 8 rings (SSSR count). The highest BCUT2D eigenvalue weighted by Gasteiger charge is 2.67. The number of rotatable bonds is 4. The lowest BCUT2D eigenvalue weighted by Crippen LogP contribution is -2.40. The minimum atomic E-state index is -0.529. The van der Waals surface area contributed by atoms with Crippen molar-refractivity contribution in [3.8, 4) is 16.9 Å². The monoisotopic (exact) mass is 461 g/mol. The van der Waals surface area contributed by atoms with Crippen molar-refractivity contribution in [3.05, 3.63) is 96.6 Å². The zero-order chi connectivity index (χ0) is 23.7.